The van der Waals surface area contributed by atoms with Gasteiger partial charge in [-0.15, -0.1) is 0 Å². The van der Waals surface area contributed by atoms with Crippen LogP contribution in [0.3, 0.4) is 0 Å². The number of nitrogens with one attached hydrogen (secondary N) is 1. The van der Waals surface area contributed by atoms with Crippen LogP contribution in [0.1, 0.15) is 36.3 Å². The molecule has 0 bridgehead atoms. The van der Waals surface area contributed by atoms with E-state index in [0.717, 1.165) is 11.1 Å². The van der Waals surface area contributed by atoms with E-state index >= 15 is 0 Å². The minimum Gasteiger partial charge on any atom is -0.396 e. The summed E-state index contributed by atoms with van der Waals surface area (Å²) >= 11 is 12.0. The van der Waals surface area contributed by atoms with Crippen LogP contribution in [0.25, 0.3) is 0 Å². The molecule has 2 aromatic rings. The Morgan fingerprint density at radius 2 is 1.79 bits per heavy atom. The van der Waals surface area contributed by atoms with Crippen molar-refractivity contribution < 1.29 is 9.90 Å². The Morgan fingerprint density at radius 3 is 2.42 bits per heavy atom. The molecule has 1 amide bonds. The van der Waals surface area contributed by atoms with E-state index < -0.39 is 0 Å². The molecule has 5 heteroatoms. The van der Waals surface area contributed by atoms with Gasteiger partial charge >= 0.3 is 0 Å². The molecule has 2 unspecified atom stereocenters. The van der Waals surface area contributed by atoms with Crippen molar-refractivity contribution >= 4 is 29.1 Å². The molecule has 2 rings (SSSR count). The number of carbonyl (C=O) groups excluding carboxylic acids is 1. The molecule has 0 aliphatic rings. The van der Waals surface area contributed by atoms with Crippen molar-refractivity contribution in [3.63, 3.8) is 0 Å². The zero-order valence-corrected chi connectivity index (χ0v) is 15.0. The summed E-state index contributed by atoms with van der Waals surface area (Å²) in [4.78, 5) is 12.4. The largest absolute Gasteiger partial charge is 0.396 e. The summed E-state index contributed by atoms with van der Waals surface area (Å²) in [5.74, 6) is -0.282. The Balaban J connectivity index is 2.03. The number of hydrogen-bond donors (Lipinski definition) is 2. The van der Waals surface area contributed by atoms with Crippen molar-refractivity contribution in [3.05, 3.63) is 69.7 Å². The lowest BCUT2D eigenvalue weighted by Crippen LogP contribution is -2.32. The van der Waals surface area contributed by atoms with Gasteiger partial charge in [-0.3, -0.25) is 4.79 Å². The Labute approximate surface area is 152 Å². The van der Waals surface area contributed by atoms with Crippen molar-refractivity contribution in [3.8, 4) is 0 Å². The molecule has 0 heterocycles. The predicted octanol–water partition coefficient (Wildman–Crippen LogP) is 4.38. The number of hydrogen-bond acceptors (Lipinski definition) is 2. The molecule has 2 atom stereocenters. The van der Waals surface area contributed by atoms with Crippen molar-refractivity contribution in [2.75, 3.05) is 13.2 Å². The van der Waals surface area contributed by atoms with Gasteiger partial charge in [0.1, 0.15) is 0 Å². The van der Waals surface area contributed by atoms with Crippen LogP contribution in [0.5, 0.6) is 0 Å². The summed E-state index contributed by atoms with van der Waals surface area (Å²) in [5, 5.41) is 13.2. The molecule has 0 spiro atoms. The first-order valence-corrected chi connectivity index (χ1v) is 8.67. The average Bonchev–Trinajstić information content (AvgIpc) is 2.61. The molecule has 0 aliphatic heterocycles. The fourth-order valence-electron chi connectivity index (χ4n) is 2.58. The van der Waals surface area contributed by atoms with E-state index in [4.69, 9.17) is 23.2 Å². The first-order valence-electron chi connectivity index (χ1n) is 7.91. The minimum absolute atomic E-state index is 0.0170. The lowest BCUT2D eigenvalue weighted by Gasteiger charge is -2.19. The standard InChI is InChI=1S/C19H21Cl2NO2/c1-13(14-5-3-2-4-6-14)19(24)22-12-16(9-10-23)15-7-8-17(20)18(21)11-15/h2-8,11,13,16,23H,9-10,12H2,1H3,(H,22,24). The molecule has 2 aromatic carbocycles. The molecular weight excluding hydrogens is 345 g/mol. The first kappa shape index (κ1) is 18.8. The fraction of sp³-hybridized carbons (Fsp3) is 0.316. The normalized spacial score (nSPS) is 13.3. The first-order chi connectivity index (χ1) is 11.5. The van der Waals surface area contributed by atoms with Gasteiger partial charge in [-0.1, -0.05) is 59.6 Å². The number of benzene rings is 2. The Morgan fingerprint density at radius 1 is 1.08 bits per heavy atom. The number of amides is 1. The van der Waals surface area contributed by atoms with Crippen LogP contribution in [0.15, 0.2) is 48.5 Å². The van der Waals surface area contributed by atoms with Crippen LogP contribution in [-0.4, -0.2) is 24.2 Å². The summed E-state index contributed by atoms with van der Waals surface area (Å²) in [7, 11) is 0. The lowest BCUT2D eigenvalue weighted by atomic mass is 9.95. The summed E-state index contributed by atoms with van der Waals surface area (Å²) in [6, 6.07) is 15.0. The SMILES string of the molecule is CC(C(=O)NCC(CCO)c1ccc(Cl)c(Cl)c1)c1ccccc1. The molecule has 2 N–H and O–H groups in total. The van der Waals surface area contributed by atoms with Crippen molar-refractivity contribution in [2.45, 2.75) is 25.2 Å². The highest BCUT2D eigenvalue weighted by molar-refractivity contribution is 6.42. The smallest absolute Gasteiger partial charge is 0.227 e. The van der Waals surface area contributed by atoms with Gasteiger partial charge in [-0.25, -0.2) is 0 Å². The van der Waals surface area contributed by atoms with Crippen molar-refractivity contribution in [1.82, 2.24) is 5.32 Å². The van der Waals surface area contributed by atoms with Crippen LogP contribution < -0.4 is 5.32 Å². The highest BCUT2D eigenvalue weighted by Gasteiger charge is 2.18. The third-order valence-corrected chi connectivity index (χ3v) is 4.85. The highest BCUT2D eigenvalue weighted by Crippen LogP contribution is 2.28. The maximum absolute atomic E-state index is 12.4. The van der Waals surface area contributed by atoms with Gasteiger partial charge in [0.2, 0.25) is 5.91 Å². The number of aliphatic hydroxyl groups is 1. The van der Waals surface area contributed by atoms with Gasteiger partial charge in [0.15, 0.2) is 0 Å². The molecule has 0 saturated carbocycles. The van der Waals surface area contributed by atoms with Gasteiger partial charge in [-0.05, 0) is 36.6 Å². The van der Waals surface area contributed by atoms with Crippen LogP contribution in [0, 0.1) is 0 Å². The van der Waals surface area contributed by atoms with E-state index in [0.29, 0.717) is 23.0 Å². The second kappa shape index (κ2) is 9.07. The topological polar surface area (TPSA) is 49.3 Å². The maximum atomic E-state index is 12.4. The molecule has 0 aromatic heterocycles. The summed E-state index contributed by atoms with van der Waals surface area (Å²) < 4.78 is 0. The summed E-state index contributed by atoms with van der Waals surface area (Å²) in [6.45, 7) is 2.36. The molecule has 0 saturated heterocycles. The third kappa shape index (κ3) is 4.97. The number of aliphatic hydroxyl groups excluding tert-OH is 1. The van der Waals surface area contributed by atoms with E-state index in [1.807, 2.05) is 43.3 Å². The van der Waals surface area contributed by atoms with Crippen LogP contribution in [0.4, 0.5) is 0 Å². The van der Waals surface area contributed by atoms with Crippen LogP contribution in [-0.2, 0) is 4.79 Å². The van der Waals surface area contributed by atoms with Crippen LogP contribution in [0.2, 0.25) is 10.0 Å². The lowest BCUT2D eigenvalue weighted by molar-refractivity contribution is -0.122. The number of carbonyl (C=O) groups is 1. The highest BCUT2D eigenvalue weighted by atomic mass is 35.5. The second-order valence-electron chi connectivity index (χ2n) is 5.76. The minimum atomic E-state index is -0.227. The summed E-state index contributed by atoms with van der Waals surface area (Å²) in [5.41, 5.74) is 1.93. The fourth-order valence-corrected chi connectivity index (χ4v) is 2.89. The van der Waals surface area contributed by atoms with E-state index in [9.17, 15) is 9.90 Å². The molecule has 24 heavy (non-hydrogen) atoms. The average molecular weight is 366 g/mol. The second-order valence-corrected chi connectivity index (χ2v) is 6.57. The van der Waals surface area contributed by atoms with Gasteiger partial charge < -0.3 is 10.4 Å². The Bertz CT molecular complexity index is 676. The molecule has 0 fully saturated rings. The zero-order chi connectivity index (χ0) is 17.5. The number of halogens is 2. The van der Waals surface area contributed by atoms with Gasteiger partial charge in [0, 0.05) is 19.1 Å². The summed E-state index contributed by atoms with van der Waals surface area (Å²) in [6.07, 6.45) is 0.540. The molecule has 0 radical (unpaired) electrons. The predicted molar refractivity (Wildman–Crippen MR) is 98.8 cm³/mol. The Kier molecular flexibility index (Phi) is 7.10. The van der Waals surface area contributed by atoms with Gasteiger partial charge in [-0.2, -0.15) is 0 Å². The molecule has 3 nitrogen and oxygen atoms in total. The molecule has 0 aliphatic carbocycles. The molecular formula is C19H21Cl2NO2. The van der Waals surface area contributed by atoms with Crippen molar-refractivity contribution in [2.24, 2.45) is 0 Å². The van der Waals surface area contributed by atoms with E-state index in [1.54, 1.807) is 12.1 Å². The maximum Gasteiger partial charge on any atom is 0.227 e. The molecule has 128 valence electrons. The van der Waals surface area contributed by atoms with E-state index in [2.05, 4.69) is 5.32 Å². The quantitative estimate of drug-likeness (QED) is 0.764. The van der Waals surface area contributed by atoms with Gasteiger partial charge in [0.05, 0.1) is 16.0 Å². The number of rotatable bonds is 7. The Hall–Kier alpha value is -1.55. The monoisotopic (exact) mass is 365 g/mol. The zero-order valence-electron chi connectivity index (χ0n) is 13.5. The van der Waals surface area contributed by atoms with Crippen LogP contribution >= 0.6 is 23.2 Å². The van der Waals surface area contributed by atoms with Crippen molar-refractivity contribution in [1.29, 1.82) is 0 Å². The van der Waals surface area contributed by atoms with E-state index in [1.165, 1.54) is 0 Å². The van der Waals surface area contributed by atoms with E-state index in [-0.39, 0.29) is 24.3 Å². The van der Waals surface area contributed by atoms with Gasteiger partial charge in [0.25, 0.3) is 0 Å². The third-order valence-electron chi connectivity index (χ3n) is 4.11.